The van der Waals surface area contributed by atoms with Crippen molar-refractivity contribution in [2.45, 2.75) is 31.3 Å². The van der Waals surface area contributed by atoms with Crippen LogP contribution >= 0.6 is 11.6 Å². The number of nitrogens with one attached hydrogen (secondary N) is 2. The molecular formula is C21H26ClN5O3S. The average Bonchev–Trinajstić information content (AvgIpc) is 3.09. The molecule has 31 heavy (non-hydrogen) atoms. The first-order valence-corrected chi connectivity index (χ1v) is 11.7. The Hall–Kier alpha value is -2.62. The summed E-state index contributed by atoms with van der Waals surface area (Å²) in [5, 5.41) is 6.33. The fourth-order valence-corrected chi connectivity index (χ4v) is 4.37. The number of imidazole rings is 1. The van der Waals surface area contributed by atoms with Crippen molar-refractivity contribution in [1.29, 1.82) is 0 Å². The summed E-state index contributed by atoms with van der Waals surface area (Å²) in [4.78, 5) is 16.8. The SMILES string of the molecule is CCCn1c(CNc2cc(C(=O)NC)ccc2Cl)nc2cc(S(=O)(=O)N(C)C)ccc21. The normalized spacial score (nSPS) is 11.8. The van der Waals surface area contributed by atoms with Crippen LogP contribution in [0.4, 0.5) is 5.69 Å². The molecule has 166 valence electrons. The lowest BCUT2D eigenvalue weighted by Gasteiger charge is -2.12. The number of rotatable bonds is 8. The van der Waals surface area contributed by atoms with E-state index < -0.39 is 10.0 Å². The van der Waals surface area contributed by atoms with Gasteiger partial charge in [0, 0.05) is 33.3 Å². The van der Waals surface area contributed by atoms with Crippen molar-refractivity contribution in [1.82, 2.24) is 19.2 Å². The highest BCUT2D eigenvalue weighted by Crippen LogP contribution is 2.26. The predicted octanol–water partition coefficient (Wildman–Crippen LogP) is 3.32. The zero-order valence-corrected chi connectivity index (χ0v) is 19.5. The molecule has 0 unspecified atom stereocenters. The van der Waals surface area contributed by atoms with Gasteiger partial charge < -0.3 is 15.2 Å². The fraction of sp³-hybridized carbons (Fsp3) is 0.333. The van der Waals surface area contributed by atoms with E-state index in [4.69, 9.17) is 11.6 Å². The van der Waals surface area contributed by atoms with Gasteiger partial charge >= 0.3 is 0 Å². The van der Waals surface area contributed by atoms with E-state index in [-0.39, 0.29) is 10.8 Å². The van der Waals surface area contributed by atoms with E-state index in [9.17, 15) is 13.2 Å². The smallest absolute Gasteiger partial charge is 0.251 e. The van der Waals surface area contributed by atoms with Crippen LogP contribution in [0.15, 0.2) is 41.3 Å². The minimum Gasteiger partial charge on any atom is -0.377 e. The highest BCUT2D eigenvalue weighted by molar-refractivity contribution is 7.89. The number of carbonyl (C=O) groups is 1. The Morgan fingerprint density at radius 2 is 1.94 bits per heavy atom. The topological polar surface area (TPSA) is 96.3 Å². The average molecular weight is 464 g/mol. The van der Waals surface area contributed by atoms with Gasteiger partial charge in [-0.25, -0.2) is 17.7 Å². The van der Waals surface area contributed by atoms with Gasteiger partial charge in [-0.2, -0.15) is 0 Å². The quantitative estimate of drug-likeness (QED) is 0.534. The first-order chi connectivity index (χ1) is 14.7. The second-order valence-electron chi connectivity index (χ2n) is 7.24. The molecule has 1 heterocycles. The number of sulfonamides is 1. The van der Waals surface area contributed by atoms with E-state index in [0.29, 0.717) is 28.3 Å². The maximum absolute atomic E-state index is 12.5. The highest BCUT2D eigenvalue weighted by atomic mass is 35.5. The van der Waals surface area contributed by atoms with Crippen LogP contribution in [0.3, 0.4) is 0 Å². The van der Waals surface area contributed by atoms with Gasteiger partial charge in [-0.15, -0.1) is 0 Å². The number of hydrogen-bond acceptors (Lipinski definition) is 5. The Bertz CT molecular complexity index is 1220. The molecule has 0 bridgehead atoms. The van der Waals surface area contributed by atoms with Gasteiger partial charge in [0.05, 0.1) is 33.2 Å². The Labute approximate surface area is 187 Å². The van der Waals surface area contributed by atoms with Crippen molar-refractivity contribution < 1.29 is 13.2 Å². The molecule has 0 atom stereocenters. The van der Waals surface area contributed by atoms with Crippen molar-refractivity contribution in [3.05, 3.63) is 52.8 Å². The van der Waals surface area contributed by atoms with Gasteiger partial charge in [0.1, 0.15) is 5.82 Å². The highest BCUT2D eigenvalue weighted by Gasteiger charge is 2.20. The minimum absolute atomic E-state index is 0.201. The molecule has 0 aliphatic carbocycles. The number of amides is 1. The lowest BCUT2D eigenvalue weighted by molar-refractivity contribution is 0.0963. The molecule has 3 rings (SSSR count). The van der Waals surface area contributed by atoms with E-state index in [1.807, 2.05) is 0 Å². The standard InChI is InChI=1S/C21H26ClN5O3S/c1-5-10-27-19-9-7-15(31(29,30)26(3)4)12-18(19)25-20(27)13-24-17-11-14(21(28)23-2)6-8-16(17)22/h6-9,11-12,24H,5,10,13H2,1-4H3,(H,23,28). The number of anilines is 1. The van der Waals surface area contributed by atoms with Gasteiger partial charge in [-0.05, 0) is 42.8 Å². The molecule has 0 spiro atoms. The number of benzene rings is 2. The van der Waals surface area contributed by atoms with E-state index in [0.717, 1.165) is 24.3 Å². The van der Waals surface area contributed by atoms with Crippen molar-refractivity contribution >= 4 is 44.3 Å². The van der Waals surface area contributed by atoms with Crippen LogP contribution in [0.25, 0.3) is 11.0 Å². The molecule has 10 heteroatoms. The van der Waals surface area contributed by atoms with E-state index in [2.05, 4.69) is 27.1 Å². The summed E-state index contributed by atoms with van der Waals surface area (Å²) in [6.45, 7) is 3.16. The summed E-state index contributed by atoms with van der Waals surface area (Å²) in [6, 6.07) is 10.0. The van der Waals surface area contributed by atoms with Crippen molar-refractivity contribution in [2.24, 2.45) is 0 Å². The molecule has 0 fully saturated rings. The van der Waals surface area contributed by atoms with Crippen LogP contribution in [0.1, 0.15) is 29.5 Å². The molecule has 8 nitrogen and oxygen atoms in total. The first kappa shape index (κ1) is 23.1. The third-order valence-electron chi connectivity index (χ3n) is 4.92. The first-order valence-electron chi connectivity index (χ1n) is 9.86. The van der Waals surface area contributed by atoms with Crippen molar-refractivity contribution in [3.63, 3.8) is 0 Å². The van der Waals surface area contributed by atoms with Gasteiger partial charge in [0.2, 0.25) is 10.0 Å². The maximum atomic E-state index is 12.5. The maximum Gasteiger partial charge on any atom is 0.251 e. The molecule has 0 aliphatic heterocycles. The van der Waals surface area contributed by atoms with Crippen LogP contribution in [0, 0.1) is 0 Å². The number of hydrogen-bond donors (Lipinski definition) is 2. The van der Waals surface area contributed by atoms with Gasteiger partial charge in [-0.3, -0.25) is 4.79 Å². The van der Waals surface area contributed by atoms with E-state index >= 15 is 0 Å². The zero-order chi connectivity index (χ0) is 22.8. The number of carbonyl (C=O) groups excluding carboxylic acids is 1. The van der Waals surface area contributed by atoms with Gasteiger partial charge in [0.25, 0.3) is 5.91 Å². The molecule has 0 saturated carbocycles. The number of nitrogens with zero attached hydrogens (tertiary/aromatic N) is 3. The second kappa shape index (κ2) is 9.25. The minimum atomic E-state index is -3.55. The van der Waals surface area contributed by atoms with Crippen molar-refractivity contribution in [2.75, 3.05) is 26.5 Å². The number of aromatic nitrogens is 2. The summed E-state index contributed by atoms with van der Waals surface area (Å²) in [5.74, 6) is 0.547. The Morgan fingerprint density at radius 1 is 1.19 bits per heavy atom. The summed E-state index contributed by atoms with van der Waals surface area (Å²) in [6.07, 6.45) is 0.892. The molecule has 3 aromatic rings. The fourth-order valence-electron chi connectivity index (χ4n) is 3.26. The zero-order valence-electron chi connectivity index (χ0n) is 17.9. The van der Waals surface area contributed by atoms with Gasteiger partial charge in [-0.1, -0.05) is 18.5 Å². The monoisotopic (exact) mass is 463 g/mol. The van der Waals surface area contributed by atoms with Crippen LogP contribution in [-0.4, -0.2) is 49.3 Å². The third kappa shape index (κ3) is 4.68. The molecule has 0 saturated heterocycles. The Morgan fingerprint density at radius 3 is 2.58 bits per heavy atom. The van der Waals surface area contributed by atoms with Crippen molar-refractivity contribution in [3.8, 4) is 0 Å². The number of fused-ring (bicyclic) bond motifs is 1. The summed E-state index contributed by atoms with van der Waals surface area (Å²) in [7, 11) is 1.03. The molecule has 1 amide bonds. The largest absolute Gasteiger partial charge is 0.377 e. The molecular weight excluding hydrogens is 438 g/mol. The van der Waals surface area contributed by atoms with E-state index in [1.165, 1.54) is 18.4 Å². The van der Waals surface area contributed by atoms with Crippen LogP contribution in [0.2, 0.25) is 5.02 Å². The molecule has 0 aliphatic rings. The predicted molar refractivity (Wildman–Crippen MR) is 123 cm³/mol. The molecule has 0 radical (unpaired) electrons. The van der Waals surface area contributed by atoms with Crippen LogP contribution < -0.4 is 10.6 Å². The Kier molecular flexibility index (Phi) is 6.88. The molecule has 2 aromatic carbocycles. The molecule has 1 aromatic heterocycles. The third-order valence-corrected chi connectivity index (χ3v) is 7.06. The summed E-state index contributed by atoms with van der Waals surface area (Å²) in [5.41, 5.74) is 2.59. The lowest BCUT2D eigenvalue weighted by atomic mass is 10.2. The number of halogens is 1. The van der Waals surface area contributed by atoms with Gasteiger partial charge in [0.15, 0.2) is 0 Å². The Balaban J connectivity index is 1.97. The van der Waals surface area contributed by atoms with E-state index in [1.54, 1.807) is 43.4 Å². The number of aryl methyl sites for hydroxylation is 1. The summed E-state index contributed by atoms with van der Waals surface area (Å²) >= 11 is 6.30. The van der Waals surface area contributed by atoms with Crippen LogP contribution in [0.5, 0.6) is 0 Å². The summed E-state index contributed by atoms with van der Waals surface area (Å²) < 4.78 is 28.2. The molecule has 2 N–H and O–H groups in total. The van der Waals surface area contributed by atoms with Crippen LogP contribution in [-0.2, 0) is 23.1 Å². The second-order valence-corrected chi connectivity index (χ2v) is 9.80. The lowest BCUT2D eigenvalue weighted by Crippen LogP contribution is -2.22.